The van der Waals surface area contributed by atoms with E-state index in [2.05, 4.69) is 42.5 Å². The van der Waals surface area contributed by atoms with Gasteiger partial charge in [0.25, 0.3) is 0 Å². The van der Waals surface area contributed by atoms with Crippen molar-refractivity contribution >= 4 is 10.8 Å². The Balaban J connectivity index is 2.41. The Bertz CT molecular complexity index is 432. The molecular weight excluding hydrogens is 170 g/mol. The molecule has 0 radical (unpaired) electrons. The average molecular weight is 185 g/mol. The van der Waals surface area contributed by atoms with Gasteiger partial charge in [-0.15, -0.1) is 0 Å². The monoisotopic (exact) mass is 185 g/mol. The van der Waals surface area contributed by atoms with Crippen LogP contribution in [0.25, 0.3) is 10.8 Å². The van der Waals surface area contributed by atoms with Crippen LogP contribution >= 0.6 is 0 Å². The lowest BCUT2D eigenvalue weighted by Crippen LogP contribution is -2.17. The number of hydrogen-bond acceptors (Lipinski definition) is 1. The second kappa shape index (κ2) is 3.81. The fourth-order valence-corrected chi connectivity index (χ4v) is 1.74. The Kier molecular flexibility index (Phi) is 2.51. The number of benzene rings is 2. The summed E-state index contributed by atoms with van der Waals surface area (Å²) in [5.74, 6) is 0. The molecule has 0 aliphatic heterocycles. The second-order valence-electron chi connectivity index (χ2n) is 3.86. The third-order valence-corrected chi connectivity index (χ3v) is 2.37. The van der Waals surface area contributed by atoms with Crippen LogP contribution in [-0.2, 0) is 6.42 Å². The molecule has 0 spiro atoms. The Morgan fingerprint density at radius 3 is 2.50 bits per heavy atom. The predicted octanol–water partition coefficient (Wildman–Crippen LogP) is 2.73. The number of hydrogen-bond donors (Lipinski definition) is 1. The number of rotatable bonds is 2. The lowest BCUT2D eigenvalue weighted by molar-refractivity contribution is 0.739. The van der Waals surface area contributed by atoms with E-state index >= 15 is 0 Å². The molecule has 0 unspecified atom stereocenters. The molecule has 14 heavy (non-hydrogen) atoms. The minimum atomic E-state index is 0.233. The van der Waals surface area contributed by atoms with E-state index in [1.807, 2.05) is 6.92 Å². The van der Waals surface area contributed by atoms with Gasteiger partial charge in [0.05, 0.1) is 0 Å². The van der Waals surface area contributed by atoms with Gasteiger partial charge >= 0.3 is 0 Å². The van der Waals surface area contributed by atoms with E-state index in [1.165, 1.54) is 16.3 Å². The van der Waals surface area contributed by atoms with Crippen LogP contribution in [0.3, 0.4) is 0 Å². The molecular formula is C13H15N. The predicted molar refractivity (Wildman–Crippen MR) is 61.3 cm³/mol. The smallest absolute Gasteiger partial charge is 0.00509 e. The maximum atomic E-state index is 5.77. The first kappa shape index (κ1) is 9.22. The standard InChI is InChI=1S/C13H15N/c1-10(14)8-11-6-7-12-4-2-3-5-13(12)9-11/h2-7,9-10H,8,14H2,1H3/t10-/m0/s1. The molecule has 2 N–H and O–H groups in total. The van der Waals surface area contributed by atoms with E-state index < -0.39 is 0 Å². The summed E-state index contributed by atoms with van der Waals surface area (Å²) < 4.78 is 0. The summed E-state index contributed by atoms with van der Waals surface area (Å²) in [4.78, 5) is 0. The fourth-order valence-electron chi connectivity index (χ4n) is 1.74. The molecule has 0 heterocycles. The van der Waals surface area contributed by atoms with Crippen LogP contribution in [0.1, 0.15) is 12.5 Å². The zero-order valence-corrected chi connectivity index (χ0v) is 8.40. The van der Waals surface area contributed by atoms with Crippen LogP contribution in [0, 0.1) is 0 Å². The van der Waals surface area contributed by atoms with Gasteiger partial charge in [0.15, 0.2) is 0 Å². The Morgan fingerprint density at radius 2 is 1.79 bits per heavy atom. The Hall–Kier alpha value is -1.34. The molecule has 2 rings (SSSR count). The molecule has 0 amide bonds. The summed E-state index contributed by atoms with van der Waals surface area (Å²) in [7, 11) is 0. The van der Waals surface area contributed by atoms with E-state index in [9.17, 15) is 0 Å². The van der Waals surface area contributed by atoms with Crippen molar-refractivity contribution in [2.45, 2.75) is 19.4 Å². The molecule has 0 aromatic heterocycles. The molecule has 72 valence electrons. The summed E-state index contributed by atoms with van der Waals surface area (Å²) in [6, 6.07) is 15.2. The van der Waals surface area contributed by atoms with Gasteiger partial charge in [-0.05, 0) is 29.7 Å². The molecule has 1 atom stereocenters. The van der Waals surface area contributed by atoms with Crippen molar-refractivity contribution in [2.24, 2.45) is 5.73 Å². The maximum Gasteiger partial charge on any atom is 0.00509 e. The third kappa shape index (κ3) is 1.94. The normalized spacial score (nSPS) is 13.0. The van der Waals surface area contributed by atoms with Crippen LogP contribution in [0.4, 0.5) is 0 Å². The van der Waals surface area contributed by atoms with E-state index in [4.69, 9.17) is 5.73 Å². The molecule has 0 bridgehead atoms. The SMILES string of the molecule is C[C@H](N)Cc1ccc2ccccc2c1. The van der Waals surface area contributed by atoms with Crippen LogP contribution < -0.4 is 5.73 Å². The van der Waals surface area contributed by atoms with E-state index in [1.54, 1.807) is 0 Å². The molecule has 0 aliphatic rings. The van der Waals surface area contributed by atoms with Gasteiger partial charge in [0.1, 0.15) is 0 Å². The first-order chi connectivity index (χ1) is 6.75. The minimum absolute atomic E-state index is 0.233. The van der Waals surface area contributed by atoms with E-state index in [-0.39, 0.29) is 6.04 Å². The topological polar surface area (TPSA) is 26.0 Å². The van der Waals surface area contributed by atoms with E-state index in [0.717, 1.165) is 6.42 Å². The number of nitrogens with two attached hydrogens (primary N) is 1. The zero-order chi connectivity index (χ0) is 9.97. The van der Waals surface area contributed by atoms with Gasteiger partial charge in [-0.2, -0.15) is 0 Å². The molecule has 2 aromatic carbocycles. The summed E-state index contributed by atoms with van der Waals surface area (Å²) >= 11 is 0. The Morgan fingerprint density at radius 1 is 1.07 bits per heavy atom. The van der Waals surface area contributed by atoms with Gasteiger partial charge in [-0.3, -0.25) is 0 Å². The molecule has 2 aromatic rings. The molecule has 0 saturated carbocycles. The Labute approximate surface area is 84.5 Å². The fraction of sp³-hybridized carbons (Fsp3) is 0.231. The van der Waals surface area contributed by atoms with Gasteiger partial charge in [0, 0.05) is 6.04 Å². The molecule has 0 fully saturated rings. The lowest BCUT2D eigenvalue weighted by atomic mass is 10.0. The van der Waals surface area contributed by atoms with Crippen LogP contribution in [0.5, 0.6) is 0 Å². The zero-order valence-electron chi connectivity index (χ0n) is 8.40. The second-order valence-corrected chi connectivity index (χ2v) is 3.86. The average Bonchev–Trinajstić information content (AvgIpc) is 2.17. The van der Waals surface area contributed by atoms with Crippen molar-refractivity contribution in [3.8, 4) is 0 Å². The summed E-state index contributed by atoms with van der Waals surface area (Å²) in [5.41, 5.74) is 7.09. The van der Waals surface area contributed by atoms with Crippen molar-refractivity contribution in [1.82, 2.24) is 0 Å². The molecule has 0 saturated heterocycles. The first-order valence-electron chi connectivity index (χ1n) is 4.99. The molecule has 1 heteroatoms. The van der Waals surface area contributed by atoms with Crippen LogP contribution in [-0.4, -0.2) is 6.04 Å². The quantitative estimate of drug-likeness (QED) is 0.765. The van der Waals surface area contributed by atoms with Crippen molar-refractivity contribution in [3.05, 3.63) is 48.0 Å². The molecule has 0 aliphatic carbocycles. The maximum absolute atomic E-state index is 5.77. The van der Waals surface area contributed by atoms with Crippen molar-refractivity contribution < 1.29 is 0 Å². The summed E-state index contributed by atoms with van der Waals surface area (Å²) in [5, 5.41) is 2.59. The summed E-state index contributed by atoms with van der Waals surface area (Å²) in [6.07, 6.45) is 0.949. The van der Waals surface area contributed by atoms with Crippen LogP contribution in [0.15, 0.2) is 42.5 Å². The van der Waals surface area contributed by atoms with Crippen molar-refractivity contribution in [2.75, 3.05) is 0 Å². The van der Waals surface area contributed by atoms with Gasteiger partial charge in [0.2, 0.25) is 0 Å². The largest absolute Gasteiger partial charge is 0.328 e. The summed E-state index contributed by atoms with van der Waals surface area (Å²) in [6.45, 7) is 2.04. The van der Waals surface area contributed by atoms with Crippen LogP contribution in [0.2, 0.25) is 0 Å². The van der Waals surface area contributed by atoms with Crippen molar-refractivity contribution in [1.29, 1.82) is 0 Å². The number of fused-ring (bicyclic) bond motifs is 1. The van der Waals surface area contributed by atoms with Gasteiger partial charge < -0.3 is 5.73 Å². The highest BCUT2D eigenvalue weighted by atomic mass is 14.6. The van der Waals surface area contributed by atoms with E-state index in [0.29, 0.717) is 0 Å². The lowest BCUT2D eigenvalue weighted by Gasteiger charge is -2.06. The van der Waals surface area contributed by atoms with Gasteiger partial charge in [-0.1, -0.05) is 42.5 Å². The molecule has 1 nitrogen and oxygen atoms in total. The highest BCUT2D eigenvalue weighted by molar-refractivity contribution is 5.82. The third-order valence-electron chi connectivity index (χ3n) is 2.37. The highest BCUT2D eigenvalue weighted by Gasteiger charge is 1.98. The highest BCUT2D eigenvalue weighted by Crippen LogP contribution is 2.16. The minimum Gasteiger partial charge on any atom is -0.328 e. The van der Waals surface area contributed by atoms with Gasteiger partial charge in [-0.25, -0.2) is 0 Å². The first-order valence-corrected chi connectivity index (χ1v) is 4.99. The van der Waals surface area contributed by atoms with Crippen molar-refractivity contribution in [3.63, 3.8) is 0 Å².